The van der Waals surface area contributed by atoms with E-state index in [4.69, 9.17) is 4.74 Å². The van der Waals surface area contributed by atoms with Gasteiger partial charge >= 0.3 is 0 Å². The largest absolute Gasteiger partial charge is 0.491 e. The quantitative estimate of drug-likeness (QED) is 0.824. The fourth-order valence-electron chi connectivity index (χ4n) is 1.27. The third-order valence-corrected chi connectivity index (χ3v) is 1.91. The van der Waals surface area contributed by atoms with Gasteiger partial charge in [0.1, 0.15) is 5.75 Å². The molecule has 1 aromatic rings. The van der Waals surface area contributed by atoms with Crippen molar-refractivity contribution in [3.63, 3.8) is 0 Å². The van der Waals surface area contributed by atoms with Crippen molar-refractivity contribution in [2.24, 2.45) is 0 Å². The Morgan fingerprint density at radius 3 is 2.80 bits per heavy atom. The van der Waals surface area contributed by atoms with E-state index < -0.39 is 0 Å². The highest BCUT2D eigenvalue weighted by molar-refractivity contribution is 5.90. The lowest BCUT2D eigenvalue weighted by Crippen LogP contribution is -2.08. The molecular weight excluding hydrogens is 190 g/mol. The Balaban J connectivity index is 2.87. The normalized spacial score (nSPS) is 9.80. The summed E-state index contributed by atoms with van der Waals surface area (Å²) in [4.78, 5) is 11.0. The maximum atomic E-state index is 11.0. The van der Waals surface area contributed by atoms with Gasteiger partial charge in [-0.3, -0.25) is 4.79 Å². The fraction of sp³-hybridized carbons (Fsp3) is 0.417. The van der Waals surface area contributed by atoms with Gasteiger partial charge in [-0.15, -0.1) is 0 Å². The second-order valence-corrected chi connectivity index (χ2v) is 3.53. The highest BCUT2D eigenvalue weighted by Gasteiger charge is 2.04. The van der Waals surface area contributed by atoms with E-state index in [0.717, 1.165) is 23.4 Å². The maximum absolute atomic E-state index is 11.0. The molecule has 0 aliphatic rings. The van der Waals surface area contributed by atoms with Crippen LogP contribution < -0.4 is 10.1 Å². The van der Waals surface area contributed by atoms with Crippen LogP contribution in [0.1, 0.15) is 25.8 Å². The van der Waals surface area contributed by atoms with Crippen LogP contribution in [0.15, 0.2) is 18.2 Å². The number of benzene rings is 1. The molecule has 0 atom stereocenters. The summed E-state index contributed by atoms with van der Waals surface area (Å²) in [6.07, 6.45) is 0.952. The second kappa shape index (κ2) is 5.39. The number of carbonyl (C=O) groups excluding carboxylic acids is 1. The number of hydrogen-bond donors (Lipinski definition) is 1. The first-order chi connectivity index (χ1) is 7.13. The average Bonchev–Trinajstić information content (AvgIpc) is 2.16. The summed E-state index contributed by atoms with van der Waals surface area (Å²) < 4.78 is 5.53. The number of aryl methyl sites for hydroxylation is 1. The van der Waals surface area contributed by atoms with Gasteiger partial charge in [-0.1, -0.05) is 13.0 Å². The molecule has 0 aliphatic heterocycles. The van der Waals surface area contributed by atoms with Crippen molar-refractivity contribution in [2.45, 2.75) is 27.2 Å². The number of nitrogens with one attached hydrogen (secondary N) is 1. The minimum atomic E-state index is -0.0815. The van der Waals surface area contributed by atoms with Gasteiger partial charge in [-0.2, -0.15) is 0 Å². The molecule has 1 amide bonds. The summed E-state index contributed by atoms with van der Waals surface area (Å²) in [5.74, 6) is 0.652. The molecule has 3 nitrogen and oxygen atoms in total. The lowest BCUT2D eigenvalue weighted by Gasteiger charge is -2.11. The molecule has 0 saturated heterocycles. The van der Waals surface area contributed by atoms with Gasteiger partial charge in [0.05, 0.1) is 12.3 Å². The van der Waals surface area contributed by atoms with Crippen molar-refractivity contribution >= 4 is 11.6 Å². The number of ether oxygens (including phenoxy) is 1. The van der Waals surface area contributed by atoms with Gasteiger partial charge in [0.25, 0.3) is 0 Å². The molecule has 0 heterocycles. The molecule has 0 fully saturated rings. The molecule has 0 spiro atoms. The van der Waals surface area contributed by atoms with E-state index >= 15 is 0 Å². The van der Waals surface area contributed by atoms with Gasteiger partial charge in [-0.05, 0) is 31.0 Å². The number of hydrogen-bond acceptors (Lipinski definition) is 2. The van der Waals surface area contributed by atoms with E-state index in [-0.39, 0.29) is 5.91 Å². The highest BCUT2D eigenvalue weighted by atomic mass is 16.5. The Hall–Kier alpha value is -1.51. The summed E-state index contributed by atoms with van der Waals surface area (Å²) in [6.45, 7) is 6.18. The first-order valence-electron chi connectivity index (χ1n) is 5.14. The molecule has 0 aromatic heterocycles. The molecule has 15 heavy (non-hydrogen) atoms. The first-order valence-corrected chi connectivity index (χ1v) is 5.14. The van der Waals surface area contributed by atoms with Crippen LogP contribution in [0.4, 0.5) is 5.69 Å². The van der Waals surface area contributed by atoms with Gasteiger partial charge in [-0.25, -0.2) is 0 Å². The van der Waals surface area contributed by atoms with Gasteiger partial charge in [0.2, 0.25) is 5.91 Å². The summed E-state index contributed by atoms with van der Waals surface area (Å²) >= 11 is 0. The third-order valence-electron chi connectivity index (χ3n) is 1.91. The van der Waals surface area contributed by atoms with E-state index in [1.165, 1.54) is 6.92 Å². The van der Waals surface area contributed by atoms with E-state index in [1.54, 1.807) is 0 Å². The van der Waals surface area contributed by atoms with E-state index in [1.807, 2.05) is 32.0 Å². The molecule has 1 rings (SSSR count). The summed E-state index contributed by atoms with van der Waals surface area (Å²) in [5.41, 5.74) is 1.85. The Kier molecular flexibility index (Phi) is 4.16. The predicted molar refractivity (Wildman–Crippen MR) is 61.3 cm³/mol. The number of rotatable bonds is 4. The van der Waals surface area contributed by atoms with Crippen molar-refractivity contribution in [3.05, 3.63) is 23.8 Å². The zero-order valence-corrected chi connectivity index (χ0v) is 9.46. The van der Waals surface area contributed by atoms with Crippen molar-refractivity contribution in [3.8, 4) is 5.75 Å². The van der Waals surface area contributed by atoms with Crippen molar-refractivity contribution < 1.29 is 9.53 Å². The zero-order valence-electron chi connectivity index (χ0n) is 9.46. The predicted octanol–water partition coefficient (Wildman–Crippen LogP) is 2.74. The maximum Gasteiger partial charge on any atom is 0.221 e. The SMILES string of the molecule is CCCOc1ccc(C)cc1NC(C)=O. The Bertz CT molecular complexity index is 347. The molecule has 0 bridgehead atoms. The molecular formula is C12H17NO2. The summed E-state index contributed by atoms with van der Waals surface area (Å²) in [7, 11) is 0. The average molecular weight is 207 g/mol. The van der Waals surface area contributed by atoms with Gasteiger partial charge in [0.15, 0.2) is 0 Å². The van der Waals surface area contributed by atoms with Crippen molar-refractivity contribution in [2.75, 3.05) is 11.9 Å². The molecule has 1 N–H and O–H groups in total. The monoisotopic (exact) mass is 207 g/mol. The van der Waals surface area contributed by atoms with Crippen LogP contribution >= 0.6 is 0 Å². The Labute approximate surface area is 90.4 Å². The topological polar surface area (TPSA) is 38.3 Å². The van der Waals surface area contributed by atoms with Gasteiger partial charge < -0.3 is 10.1 Å². The van der Waals surface area contributed by atoms with E-state index in [2.05, 4.69) is 5.32 Å². The number of amides is 1. The first kappa shape index (κ1) is 11.6. The van der Waals surface area contributed by atoms with Crippen LogP contribution in [-0.2, 0) is 4.79 Å². The van der Waals surface area contributed by atoms with Crippen LogP contribution in [0, 0.1) is 6.92 Å². The molecule has 0 unspecified atom stereocenters. The van der Waals surface area contributed by atoms with Crippen LogP contribution in [0.25, 0.3) is 0 Å². The van der Waals surface area contributed by atoms with Crippen molar-refractivity contribution in [1.29, 1.82) is 0 Å². The molecule has 0 saturated carbocycles. The second-order valence-electron chi connectivity index (χ2n) is 3.53. The lowest BCUT2D eigenvalue weighted by molar-refractivity contribution is -0.114. The smallest absolute Gasteiger partial charge is 0.221 e. The Morgan fingerprint density at radius 1 is 1.47 bits per heavy atom. The van der Waals surface area contributed by atoms with Crippen LogP contribution in [0.3, 0.4) is 0 Å². The lowest BCUT2D eigenvalue weighted by atomic mass is 10.2. The molecule has 0 aliphatic carbocycles. The van der Waals surface area contributed by atoms with E-state index in [9.17, 15) is 4.79 Å². The van der Waals surface area contributed by atoms with Crippen LogP contribution in [-0.4, -0.2) is 12.5 Å². The van der Waals surface area contributed by atoms with E-state index in [0.29, 0.717) is 6.61 Å². The highest BCUT2D eigenvalue weighted by Crippen LogP contribution is 2.25. The Morgan fingerprint density at radius 2 is 2.20 bits per heavy atom. The van der Waals surface area contributed by atoms with Gasteiger partial charge in [0, 0.05) is 6.92 Å². The molecule has 1 aromatic carbocycles. The minimum Gasteiger partial charge on any atom is -0.491 e. The van der Waals surface area contributed by atoms with Crippen molar-refractivity contribution in [1.82, 2.24) is 0 Å². The molecule has 3 heteroatoms. The number of carbonyl (C=O) groups is 1. The molecule has 0 radical (unpaired) electrons. The zero-order chi connectivity index (χ0) is 11.3. The minimum absolute atomic E-state index is 0.0815. The summed E-state index contributed by atoms with van der Waals surface area (Å²) in [5, 5.41) is 2.76. The standard InChI is InChI=1S/C12H17NO2/c1-4-7-15-12-6-5-9(2)8-11(12)13-10(3)14/h5-6,8H,4,7H2,1-3H3,(H,13,14). The van der Waals surface area contributed by atoms with Crippen LogP contribution in [0.2, 0.25) is 0 Å². The molecule has 82 valence electrons. The summed E-state index contributed by atoms with van der Waals surface area (Å²) in [6, 6.07) is 5.76. The van der Waals surface area contributed by atoms with Crippen LogP contribution in [0.5, 0.6) is 5.75 Å². The third kappa shape index (κ3) is 3.62. The fourth-order valence-corrected chi connectivity index (χ4v) is 1.27. The number of anilines is 1.